The molecule has 12 heteroatoms. The summed E-state index contributed by atoms with van der Waals surface area (Å²) in [5.74, 6) is -1.87. The number of aliphatic hydroxyl groups is 2. The number of hydrogen-bond acceptors (Lipinski definition) is 8. The van der Waals surface area contributed by atoms with Gasteiger partial charge in [0.1, 0.15) is 5.82 Å². The number of hydrogen-bond donors (Lipinski definition) is 4. The van der Waals surface area contributed by atoms with Gasteiger partial charge in [0.2, 0.25) is 16.0 Å². The number of halogens is 1. The lowest BCUT2D eigenvalue weighted by molar-refractivity contribution is -0.139. The fourth-order valence-corrected chi connectivity index (χ4v) is 3.42. The summed E-state index contributed by atoms with van der Waals surface area (Å²) < 4.78 is 38.6. The Morgan fingerprint density at radius 2 is 1.71 bits per heavy atom. The van der Waals surface area contributed by atoms with Gasteiger partial charge < -0.3 is 21.1 Å². The van der Waals surface area contributed by atoms with E-state index in [0.717, 1.165) is 17.0 Å². The van der Waals surface area contributed by atoms with Gasteiger partial charge in [0, 0.05) is 30.6 Å². The van der Waals surface area contributed by atoms with E-state index in [9.17, 15) is 27.8 Å². The van der Waals surface area contributed by atoms with Crippen LogP contribution in [0.3, 0.4) is 0 Å². The second kappa shape index (κ2) is 14.9. The van der Waals surface area contributed by atoms with Crippen LogP contribution in [0.15, 0.2) is 30.3 Å². The molecule has 0 saturated heterocycles. The summed E-state index contributed by atoms with van der Waals surface area (Å²) in [7, 11) is -2.33. The lowest BCUT2D eigenvalue weighted by atomic mass is 9.97. The minimum atomic E-state index is -3.65. The van der Waals surface area contributed by atoms with E-state index in [-0.39, 0.29) is 18.3 Å². The molecule has 10 nitrogen and oxygen atoms in total. The van der Waals surface area contributed by atoms with Crippen molar-refractivity contribution in [3.63, 3.8) is 0 Å². The first-order chi connectivity index (χ1) is 17.6. The summed E-state index contributed by atoms with van der Waals surface area (Å²) >= 11 is 0. The molecule has 0 fully saturated rings. The predicted molar refractivity (Wildman–Crippen MR) is 147 cm³/mol. The third-order valence-electron chi connectivity index (χ3n) is 5.46. The molecule has 0 saturated carbocycles. The summed E-state index contributed by atoms with van der Waals surface area (Å²) in [5.41, 5.74) is 7.09. The van der Waals surface area contributed by atoms with Gasteiger partial charge in [-0.05, 0) is 43.5 Å². The number of nitrogens with two attached hydrogens (primary N) is 1. The van der Waals surface area contributed by atoms with Crippen molar-refractivity contribution < 1.29 is 32.9 Å². The van der Waals surface area contributed by atoms with Crippen LogP contribution >= 0.6 is 0 Å². The van der Waals surface area contributed by atoms with Crippen LogP contribution in [0.2, 0.25) is 0 Å². The fraction of sp³-hybridized carbons (Fsp3) is 0.500. The Balaban J connectivity index is 0.00000132. The first kappa shape index (κ1) is 33.1. The Morgan fingerprint density at radius 3 is 2.16 bits per heavy atom. The maximum atomic E-state index is 13.5. The summed E-state index contributed by atoms with van der Waals surface area (Å²) in [6, 6.07) is 5.87. The molecular formula is C26H39FN4O6S. The molecule has 38 heavy (non-hydrogen) atoms. The summed E-state index contributed by atoms with van der Waals surface area (Å²) in [4.78, 5) is 19.6. The molecule has 0 aliphatic rings. The van der Waals surface area contributed by atoms with Crippen LogP contribution in [0.4, 0.5) is 10.3 Å². The number of carboxylic acid groups (broad SMARTS) is 1. The lowest BCUT2D eigenvalue weighted by Gasteiger charge is -2.20. The number of carboxylic acids is 1. The van der Waals surface area contributed by atoms with Crippen LogP contribution in [-0.2, 0) is 14.8 Å². The highest BCUT2D eigenvalue weighted by Crippen LogP contribution is 2.31. The maximum absolute atomic E-state index is 13.5. The van der Waals surface area contributed by atoms with Crippen molar-refractivity contribution in [3.8, 4) is 11.3 Å². The second-order valence-electron chi connectivity index (χ2n) is 9.36. The Kier molecular flexibility index (Phi) is 12.9. The molecule has 1 heterocycles. The highest BCUT2D eigenvalue weighted by Gasteiger charge is 2.22. The third kappa shape index (κ3) is 10.8. The van der Waals surface area contributed by atoms with E-state index in [1.165, 1.54) is 43.5 Å². The van der Waals surface area contributed by atoms with E-state index in [1.54, 1.807) is 0 Å². The molecular weight excluding hydrogens is 515 g/mol. The lowest BCUT2D eigenvalue weighted by Crippen LogP contribution is -2.27. The Bertz CT molecular complexity index is 1190. The van der Waals surface area contributed by atoms with E-state index in [2.05, 4.69) is 16.9 Å². The molecule has 1 aromatic heterocycles. The molecule has 2 rings (SSSR count). The number of sulfonamides is 1. The quantitative estimate of drug-likeness (QED) is 0.326. The van der Waals surface area contributed by atoms with Gasteiger partial charge in [-0.2, -0.15) is 0 Å². The number of rotatable bonds is 11. The Labute approximate surface area is 224 Å². The van der Waals surface area contributed by atoms with Gasteiger partial charge in [0.05, 0.1) is 36.3 Å². The van der Waals surface area contributed by atoms with Crippen molar-refractivity contribution in [2.24, 2.45) is 5.73 Å². The van der Waals surface area contributed by atoms with E-state index < -0.39 is 40.4 Å². The first-order valence-electron chi connectivity index (χ1n) is 12.2. The number of benzene rings is 1. The fourth-order valence-electron chi connectivity index (χ4n) is 3.05. The summed E-state index contributed by atoms with van der Waals surface area (Å²) in [6.45, 7) is 7.78. The second-order valence-corrected chi connectivity index (χ2v) is 11.4. The Morgan fingerprint density at radius 1 is 1.16 bits per heavy atom. The normalized spacial score (nSPS) is 14.1. The van der Waals surface area contributed by atoms with Crippen molar-refractivity contribution >= 4 is 28.0 Å². The number of aliphatic hydroxyl groups excluding tert-OH is 2. The first-order valence-corrected chi connectivity index (χ1v) is 14.0. The van der Waals surface area contributed by atoms with Crippen LogP contribution in [0, 0.1) is 5.82 Å². The summed E-state index contributed by atoms with van der Waals surface area (Å²) in [6.07, 6.45) is 1.94. The van der Waals surface area contributed by atoms with Gasteiger partial charge in [0.15, 0.2) is 0 Å². The van der Waals surface area contributed by atoms with Gasteiger partial charge in [0.25, 0.3) is 0 Å². The molecule has 0 radical (unpaired) electrons. The Hall–Kier alpha value is -2.93. The van der Waals surface area contributed by atoms with E-state index >= 15 is 0 Å². The largest absolute Gasteiger partial charge is 0.481 e. The van der Waals surface area contributed by atoms with E-state index in [1.807, 2.05) is 20.8 Å². The maximum Gasteiger partial charge on any atom is 0.305 e. The van der Waals surface area contributed by atoms with E-state index in [4.69, 9.17) is 10.8 Å². The monoisotopic (exact) mass is 554 g/mol. The standard InChI is InChI=1S/C22H28FN3O6S.C4H11N/c1-13(2)20-18(10-9-16(27)11-17(28)12-19(29)30)21(14-5-7-15(23)8-6-14)25-22(24-20)26(3)33(4,31)32;1-3-4(2)5/h5-10,13,16-17,27-28H,11-12H2,1-4H3,(H,29,30);4H,3,5H2,1-2H3/b10-9+;/t16-,17-;/m1./s1. The SMILES string of the molecule is CC(C)c1nc(N(C)S(C)(=O)=O)nc(-c2ccc(F)cc2)c1/C=C/[C@@H](O)C[C@@H](O)CC(=O)O.CCC(C)N. The van der Waals surface area contributed by atoms with Crippen LogP contribution in [0.5, 0.6) is 0 Å². The van der Waals surface area contributed by atoms with Crippen molar-refractivity contribution in [3.05, 3.63) is 47.4 Å². The summed E-state index contributed by atoms with van der Waals surface area (Å²) in [5, 5.41) is 28.8. The molecule has 0 aliphatic carbocycles. The minimum Gasteiger partial charge on any atom is -0.481 e. The molecule has 2 aromatic rings. The minimum absolute atomic E-state index is 0.0601. The highest BCUT2D eigenvalue weighted by atomic mass is 32.2. The zero-order valence-corrected chi connectivity index (χ0v) is 23.5. The molecule has 0 bridgehead atoms. The smallest absolute Gasteiger partial charge is 0.305 e. The van der Waals surface area contributed by atoms with Gasteiger partial charge in [-0.25, -0.2) is 27.1 Å². The van der Waals surface area contributed by atoms with Crippen LogP contribution in [0.1, 0.15) is 64.1 Å². The third-order valence-corrected chi connectivity index (χ3v) is 6.62. The average Bonchev–Trinajstić information content (AvgIpc) is 2.81. The molecule has 1 unspecified atom stereocenters. The molecule has 1 aromatic carbocycles. The molecule has 212 valence electrons. The zero-order chi connectivity index (χ0) is 29.2. The molecule has 0 aliphatic heterocycles. The number of carbonyl (C=O) groups is 1. The highest BCUT2D eigenvalue weighted by molar-refractivity contribution is 7.92. The van der Waals surface area contributed by atoms with Crippen LogP contribution < -0.4 is 10.0 Å². The molecule has 0 spiro atoms. The van der Waals surface area contributed by atoms with E-state index in [0.29, 0.717) is 28.6 Å². The van der Waals surface area contributed by atoms with Crippen LogP contribution in [-0.4, -0.2) is 71.2 Å². The van der Waals surface area contributed by atoms with Crippen molar-refractivity contribution in [2.45, 2.75) is 71.1 Å². The molecule has 3 atom stereocenters. The number of nitrogens with zero attached hydrogens (tertiary/aromatic N) is 3. The van der Waals surface area contributed by atoms with Crippen molar-refractivity contribution in [2.75, 3.05) is 17.6 Å². The molecule has 0 amide bonds. The molecule has 5 N–H and O–H groups in total. The number of anilines is 1. The van der Waals surface area contributed by atoms with Gasteiger partial charge >= 0.3 is 5.97 Å². The van der Waals surface area contributed by atoms with Gasteiger partial charge in [-0.15, -0.1) is 0 Å². The average molecular weight is 555 g/mol. The van der Waals surface area contributed by atoms with Gasteiger partial charge in [-0.1, -0.05) is 32.9 Å². The number of aromatic nitrogens is 2. The van der Waals surface area contributed by atoms with Gasteiger partial charge in [-0.3, -0.25) is 4.79 Å². The van der Waals surface area contributed by atoms with Crippen molar-refractivity contribution in [1.82, 2.24) is 9.97 Å². The van der Waals surface area contributed by atoms with Crippen LogP contribution in [0.25, 0.3) is 17.3 Å². The number of aliphatic carboxylic acids is 1. The predicted octanol–water partition coefficient (Wildman–Crippen LogP) is 3.15. The zero-order valence-electron chi connectivity index (χ0n) is 22.7. The topological polar surface area (TPSA) is 167 Å². The van der Waals surface area contributed by atoms with Crippen molar-refractivity contribution in [1.29, 1.82) is 0 Å².